The van der Waals surface area contributed by atoms with Crippen molar-refractivity contribution in [1.29, 1.82) is 0 Å². The second-order valence-corrected chi connectivity index (χ2v) is 21.3. The van der Waals surface area contributed by atoms with E-state index < -0.39 is 23.2 Å². The first-order chi connectivity index (χ1) is 34.7. The highest BCUT2D eigenvalue weighted by Crippen LogP contribution is 2.59. The lowest BCUT2D eigenvalue weighted by atomic mass is 9.79. The van der Waals surface area contributed by atoms with Crippen molar-refractivity contribution in [2.24, 2.45) is 10.8 Å². The topological polar surface area (TPSA) is 229 Å². The van der Waals surface area contributed by atoms with E-state index in [0.717, 1.165) is 52.9 Å². The largest absolute Gasteiger partial charge is 0.379 e. The lowest BCUT2D eigenvalue weighted by molar-refractivity contribution is -0.144. The molecule has 1 saturated heterocycles. The molecule has 4 amide bonds. The third kappa shape index (κ3) is 12.9. The summed E-state index contributed by atoms with van der Waals surface area (Å²) in [5.41, 5.74) is 5.30. The Kier molecular flexibility index (Phi) is 17.1. The Bertz CT molecular complexity index is 2600. The number of thiazole rings is 1. The number of pyridine rings is 1. The summed E-state index contributed by atoms with van der Waals surface area (Å²) in [4.78, 5) is 83.0. The first-order valence-electron chi connectivity index (χ1n) is 25.3. The molecular formula is C52H70N10O9S. The molecule has 72 heavy (non-hydrogen) atoms. The third-order valence-corrected chi connectivity index (χ3v) is 15.2. The number of benzene rings is 1. The smallest absolute Gasteiger partial charge is 0.276 e. The zero-order valence-electron chi connectivity index (χ0n) is 42.2. The number of nitrogens with one attached hydrogen (secondary N) is 5. The van der Waals surface area contributed by atoms with Gasteiger partial charge >= 0.3 is 0 Å². The average Bonchev–Trinajstić information content (AvgIpc) is 3.61. The number of carbonyl (C=O) groups is 4. The minimum atomic E-state index is -0.813. The Balaban J connectivity index is 0.654. The third-order valence-electron chi connectivity index (χ3n) is 14.2. The van der Waals surface area contributed by atoms with Crippen LogP contribution in [0.5, 0.6) is 0 Å². The predicted molar refractivity (Wildman–Crippen MR) is 273 cm³/mol. The fourth-order valence-electron chi connectivity index (χ4n) is 9.92. The molecule has 20 heteroatoms. The molecule has 388 valence electrons. The van der Waals surface area contributed by atoms with Crippen LogP contribution in [0.1, 0.15) is 106 Å². The van der Waals surface area contributed by atoms with Crippen molar-refractivity contribution in [3.63, 3.8) is 0 Å². The molecule has 4 aliphatic rings. The Labute approximate surface area is 424 Å². The molecular weight excluding hydrogens is 941 g/mol. The van der Waals surface area contributed by atoms with Crippen molar-refractivity contribution in [2.45, 2.75) is 117 Å². The van der Waals surface area contributed by atoms with Crippen LogP contribution >= 0.6 is 11.3 Å². The number of aryl methyl sites for hydroxylation is 2. The first-order valence-corrected chi connectivity index (χ1v) is 26.1. The van der Waals surface area contributed by atoms with Gasteiger partial charge in [0, 0.05) is 32.1 Å². The molecule has 8 rings (SSSR count). The number of aromatic nitrogens is 4. The summed E-state index contributed by atoms with van der Waals surface area (Å²) in [5, 5.41) is 15.5. The minimum absolute atomic E-state index is 0.0724. The van der Waals surface area contributed by atoms with Crippen molar-refractivity contribution in [3.05, 3.63) is 81.1 Å². The van der Waals surface area contributed by atoms with Crippen LogP contribution in [0.3, 0.4) is 0 Å². The van der Waals surface area contributed by atoms with Gasteiger partial charge in [0.05, 0.1) is 68.9 Å². The first kappa shape index (κ1) is 52.5. The molecule has 1 aromatic carbocycles. The van der Waals surface area contributed by atoms with Crippen LogP contribution in [-0.2, 0) is 45.5 Å². The standard InChI is InChI=1S/C52H70N10O9S/c1-34-29-38(48(66)62-43(34)47(65)60-52(62)17-15-51(13-14-51)16-18-52)58-41-30-40(55-32-56-41)53-19-22-69-24-26-71-28-27-70-25-23-68-21-12-42(63)59-45(50(3,4)5)49(67)61-20-6-7-39(61)46(64)54-31-36-8-10-37(11-9-36)44-35(2)57-33-72-44/h8-11,29-30,32-33,39,45H,6-7,12-28,31H2,1-5H3,(H,54,64)(H,59,63)(H,60,65)(H2,53,55,56,58)/t39-,45+/m0/s1. The van der Waals surface area contributed by atoms with Crippen LogP contribution in [0.2, 0.25) is 0 Å². The van der Waals surface area contributed by atoms with Crippen molar-refractivity contribution in [1.82, 2.24) is 40.4 Å². The average molecular weight is 1010 g/mol. The maximum absolute atomic E-state index is 13.9. The summed E-state index contributed by atoms with van der Waals surface area (Å²) in [6.07, 6.45) is 8.77. The lowest BCUT2D eigenvalue weighted by Gasteiger charge is -2.39. The SMILES string of the molecule is Cc1cc(Nc2cc(NCCOCCOCCOCCOCCC(=O)N[C@H](C(=O)N3CCC[C@H]3C(=O)NCc3ccc(-c4scnc4C)cc3)C(C)(C)C)ncn2)c(=O)n2c1C(=O)NC21CCC2(CC2)CC1. The van der Waals surface area contributed by atoms with E-state index in [9.17, 15) is 24.0 Å². The summed E-state index contributed by atoms with van der Waals surface area (Å²) in [7, 11) is 0. The number of likely N-dealkylation sites (tertiary alicyclic amines) is 1. The second-order valence-electron chi connectivity index (χ2n) is 20.5. The van der Waals surface area contributed by atoms with E-state index in [4.69, 9.17) is 18.9 Å². The van der Waals surface area contributed by atoms with Crippen LogP contribution in [-0.4, -0.2) is 126 Å². The molecule has 2 atom stereocenters. The molecule has 0 unspecified atom stereocenters. The van der Waals surface area contributed by atoms with E-state index in [1.165, 1.54) is 19.2 Å². The van der Waals surface area contributed by atoms with E-state index in [0.29, 0.717) is 107 Å². The maximum atomic E-state index is 13.9. The fourth-order valence-corrected chi connectivity index (χ4v) is 10.7. The quantitative estimate of drug-likeness (QED) is 0.0541. The maximum Gasteiger partial charge on any atom is 0.276 e. The van der Waals surface area contributed by atoms with Crippen LogP contribution in [0, 0.1) is 24.7 Å². The van der Waals surface area contributed by atoms with E-state index in [-0.39, 0.29) is 42.2 Å². The van der Waals surface area contributed by atoms with Crippen LogP contribution in [0.25, 0.3) is 10.4 Å². The number of amides is 4. The highest BCUT2D eigenvalue weighted by atomic mass is 32.1. The molecule has 3 fully saturated rings. The number of rotatable bonds is 24. The van der Waals surface area contributed by atoms with Gasteiger partial charge in [0.25, 0.3) is 11.5 Å². The molecule has 4 aromatic rings. The molecule has 3 aromatic heterocycles. The van der Waals surface area contributed by atoms with Crippen LogP contribution in [0.4, 0.5) is 17.3 Å². The second kappa shape index (κ2) is 23.4. The number of anilines is 3. The summed E-state index contributed by atoms with van der Waals surface area (Å²) < 4.78 is 24.3. The van der Waals surface area contributed by atoms with Crippen LogP contribution in [0.15, 0.2) is 53.0 Å². The minimum Gasteiger partial charge on any atom is -0.379 e. The number of hydrogen-bond acceptors (Lipinski definition) is 15. The summed E-state index contributed by atoms with van der Waals surface area (Å²) in [6.45, 7) is 13.6. The Hall–Kier alpha value is -5.80. The van der Waals surface area contributed by atoms with Gasteiger partial charge < -0.3 is 50.4 Å². The van der Waals surface area contributed by atoms with Crippen molar-refractivity contribution < 1.29 is 38.1 Å². The number of fused-ring (bicyclic) bond motifs is 2. The van der Waals surface area contributed by atoms with E-state index in [2.05, 4.69) is 41.5 Å². The molecule has 5 heterocycles. The van der Waals surface area contributed by atoms with Crippen molar-refractivity contribution in [2.75, 3.05) is 76.6 Å². The van der Waals surface area contributed by atoms with E-state index >= 15 is 0 Å². The lowest BCUT2D eigenvalue weighted by Crippen LogP contribution is -2.57. The van der Waals surface area contributed by atoms with Gasteiger partial charge in [0.15, 0.2) is 0 Å². The highest BCUT2D eigenvalue weighted by molar-refractivity contribution is 7.13. The normalized spacial score (nSPS) is 17.9. The van der Waals surface area contributed by atoms with Gasteiger partial charge in [-0.2, -0.15) is 0 Å². The molecule has 2 saturated carbocycles. The van der Waals surface area contributed by atoms with Crippen LogP contribution < -0.4 is 32.1 Å². The summed E-state index contributed by atoms with van der Waals surface area (Å²) in [6, 6.07) is 10.1. The van der Waals surface area contributed by atoms with Gasteiger partial charge in [-0.1, -0.05) is 45.0 Å². The number of hydrogen-bond donors (Lipinski definition) is 5. The Morgan fingerprint density at radius 2 is 1.50 bits per heavy atom. The molecule has 2 aliphatic heterocycles. The molecule has 2 aliphatic carbocycles. The zero-order valence-corrected chi connectivity index (χ0v) is 43.1. The summed E-state index contributed by atoms with van der Waals surface area (Å²) in [5.74, 6) is 0.0621. The Morgan fingerprint density at radius 1 is 0.847 bits per heavy atom. The summed E-state index contributed by atoms with van der Waals surface area (Å²) >= 11 is 1.59. The fraction of sp³-hybridized carbons (Fsp3) is 0.577. The zero-order chi connectivity index (χ0) is 50.9. The Morgan fingerprint density at radius 3 is 2.15 bits per heavy atom. The highest BCUT2D eigenvalue weighted by Gasteiger charge is 2.54. The monoisotopic (exact) mass is 1010 g/mol. The molecule has 19 nitrogen and oxygen atoms in total. The van der Waals surface area contributed by atoms with Crippen molar-refractivity contribution >= 4 is 52.3 Å². The van der Waals surface area contributed by atoms with Crippen molar-refractivity contribution in [3.8, 4) is 10.4 Å². The number of nitrogens with zero attached hydrogens (tertiary/aromatic N) is 5. The molecule has 0 bridgehead atoms. The molecule has 0 radical (unpaired) electrons. The van der Waals surface area contributed by atoms with Gasteiger partial charge in [-0.15, -0.1) is 11.3 Å². The van der Waals surface area contributed by atoms with Gasteiger partial charge in [0.2, 0.25) is 17.7 Å². The van der Waals surface area contributed by atoms with Gasteiger partial charge in [-0.05, 0) is 98.8 Å². The number of ether oxygens (including phenoxy) is 4. The van der Waals surface area contributed by atoms with Gasteiger partial charge in [-0.25, -0.2) is 15.0 Å². The van der Waals surface area contributed by atoms with E-state index in [1.54, 1.807) is 32.9 Å². The molecule has 2 spiro atoms. The predicted octanol–water partition coefficient (Wildman–Crippen LogP) is 5.58. The molecule has 5 N–H and O–H groups in total. The number of carbonyl (C=O) groups excluding carboxylic acids is 4. The van der Waals surface area contributed by atoms with Gasteiger partial charge in [-0.3, -0.25) is 28.5 Å². The van der Waals surface area contributed by atoms with Gasteiger partial charge in [0.1, 0.15) is 47.1 Å². The van der Waals surface area contributed by atoms with E-state index in [1.807, 2.05) is 64.4 Å².